The largest absolute Gasteiger partial charge is 0.385 e. The van der Waals surface area contributed by atoms with Gasteiger partial charge in [0.15, 0.2) is 0 Å². The molecule has 0 aliphatic carbocycles. The van der Waals surface area contributed by atoms with Crippen molar-refractivity contribution in [1.82, 2.24) is 4.90 Å². The van der Waals surface area contributed by atoms with E-state index in [1.54, 1.807) is 12.0 Å². The summed E-state index contributed by atoms with van der Waals surface area (Å²) in [4.78, 5) is 17.1. The Morgan fingerprint density at radius 2 is 2.13 bits per heavy atom. The fraction of sp³-hybridized carbons (Fsp3) is 0.800. The highest BCUT2D eigenvalue weighted by Gasteiger charge is 2.38. The Morgan fingerprint density at radius 3 is 2.60 bits per heavy atom. The summed E-state index contributed by atoms with van der Waals surface area (Å²) >= 11 is 0. The Labute approximate surface area is 90.3 Å². The van der Waals surface area contributed by atoms with Crippen molar-refractivity contribution in [3.63, 3.8) is 0 Å². The molecule has 0 aromatic heterocycles. The van der Waals surface area contributed by atoms with Crippen LogP contribution < -0.4 is 5.73 Å². The first kappa shape index (κ1) is 12.0. The van der Waals surface area contributed by atoms with Crippen LogP contribution in [0.1, 0.15) is 20.8 Å². The second kappa shape index (κ2) is 4.61. The first-order valence-electron chi connectivity index (χ1n) is 5.14. The summed E-state index contributed by atoms with van der Waals surface area (Å²) in [6.45, 7) is 6.49. The fourth-order valence-electron chi connectivity index (χ4n) is 1.96. The number of carbonyl (C=O) groups excluding carboxylic acids is 1. The molecule has 0 radical (unpaired) electrons. The minimum absolute atomic E-state index is 0.103. The highest BCUT2D eigenvalue weighted by atomic mass is 16.5. The number of urea groups is 1. The third kappa shape index (κ3) is 2.28. The Kier molecular flexibility index (Phi) is 3.68. The van der Waals surface area contributed by atoms with Crippen molar-refractivity contribution < 1.29 is 9.53 Å². The summed E-state index contributed by atoms with van der Waals surface area (Å²) in [5.41, 5.74) is 5.76. The molecule has 0 aromatic carbocycles. The SMILES string of the molecule is COCC(C)C1C(N)=NC(=O)N1C(C)C. The Morgan fingerprint density at radius 1 is 1.53 bits per heavy atom. The maximum Gasteiger partial charge on any atom is 0.346 e. The molecule has 1 aliphatic heterocycles. The summed E-state index contributed by atoms with van der Waals surface area (Å²) in [6, 6.07) is -0.264. The summed E-state index contributed by atoms with van der Waals surface area (Å²) in [5.74, 6) is 0.561. The fourth-order valence-corrected chi connectivity index (χ4v) is 1.96. The number of hydrogen-bond acceptors (Lipinski definition) is 3. The van der Waals surface area contributed by atoms with Crippen molar-refractivity contribution in [2.24, 2.45) is 16.6 Å². The van der Waals surface area contributed by atoms with E-state index in [-0.39, 0.29) is 24.0 Å². The van der Waals surface area contributed by atoms with Crippen LogP contribution >= 0.6 is 0 Å². The van der Waals surface area contributed by atoms with Crippen molar-refractivity contribution >= 4 is 11.9 Å². The molecule has 2 atom stereocenters. The van der Waals surface area contributed by atoms with Crippen molar-refractivity contribution in [2.75, 3.05) is 13.7 Å². The van der Waals surface area contributed by atoms with Crippen molar-refractivity contribution in [1.29, 1.82) is 0 Å². The van der Waals surface area contributed by atoms with Crippen LogP contribution in [-0.2, 0) is 4.74 Å². The monoisotopic (exact) mass is 213 g/mol. The molecule has 15 heavy (non-hydrogen) atoms. The van der Waals surface area contributed by atoms with Crippen LogP contribution in [0.25, 0.3) is 0 Å². The van der Waals surface area contributed by atoms with Gasteiger partial charge in [-0.05, 0) is 13.8 Å². The molecule has 0 saturated heterocycles. The third-order valence-corrected chi connectivity index (χ3v) is 2.57. The molecule has 0 fully saturated rings. The van der Waals surface area contributed by atoms with E-state index in [2.05, 4.69) is 4.99 Å². The number of rotatable bonds is 4. The zero-order valence-corrected chi connectivity index (χ0v) is 9.73. The molecule has 1 aliphatic rings. The molecule has 1 rings (SSSR count). The van der Waals surface area contributed by atoms with Crippen LogP contribution in [0.2, 0.25) is 0 Å². The molecule has 2 amide bonds. The lowest BCUT2D eigenvalue weighted by atomic mass is 10.0. The van der Waals surface area contributed by atoms with Crippen molar-refractivity contribution in [2.45, 2.75) is 32.9 Å². The van der Waals surface area contributed by atoms with Gasteiger partial charge in [0, 0.05) is 19.1 Å². The molecule has 86 valence electrons. The lowest BCUT2D eigenvalue weighted by Gasteiger charge is -2.31. The van der Waals surface area contributed by atoms with Crippen LogP contribution in [-0.4, -0.2) is 42.6 Å². The Hall–Kier alpha value is -1.10. The number of methoxy groups -OCH3 is 1. The second-order valence-electron chi connectivity index (χ2n) is 4.20. The summed E-state index contributed by atoms with van der Waals surface area (Å²) < 4.78 is 5.08. The number of nitrogens with two attached hydrogens (primary N) is 1. The number of amides is 2. The number of carbonyl (C=O) groups is 1. The first-order valence-corrected chi connectivity index (χ1v) is 5.14. The molecule has 5 heteroatoms. The van der Waals surface area contributed by atoms with Crippen LogP contribution in [0, 0.1) is 5.92 Å². The Bertz CT molecular complexity index is 276. The summed E-state index contributed by atoms with van der Waals surface area (Å²) in [5, 5.41) is 0. The van der Waals surface area contributed by atoms with Gasteiger partial charge in [-0.15, -0.1) is 0 Å². The maximum absolute atomic E-state index is 11.6. The van der Waals surface area contributed by atoms with Crippen molar-refractivity contribution in [3.8, 4) is 0 Å². The quantitative estimate of drug-likeness (QED) is 0.752. The van der Waals surface area contributed by atoms with Crippen LogP contribution in [0.15, 0.2) is 4.99 Å². The zero-order valence-electron chi connectivity index (χ0n) is 9.73. The molecule has 0 spiro atoms. The van der Waals surface area contributed by atoms with Gasteiger partial charge < -0.3 is 15.4 Å². The van der Waals surface area contributed by atoms with Gasteiger partial charge >= 0.3 is 6.03 Å². The van der Waals surface area contributed by atoms with Crippen LogP contribution in [0.5, 0.6) is 0 Å². The van der Waals surface area contributed by atoms with E-state index in [4.69, 9.17) is 10.5 Å². The van der Waals surface area contributed by atoms with Gasteiger partial charge in [0.1, 0.15) is 5.84 Å². The highest BCUT2D eigenvalue weighted by Crippen LogP contribution is 2.21. The van der Waals surface area contributed by atoms with E-state index in [0.29, 0.717) is 12.4 Å². The standard InChI is InChI=1S/C10H19N3O2/c1-6(2)13-8(7(3)5-15-4)9(11)12-10(13)14/h6-8H,5H2,1-4H3,(H2,11,12,14). The van der Waals surface area contributed by atoms with Gasteiger partial charge in [-0.2, -0.15) is 4.99 Å². The smallest absolute Gasteiger partial charge is 0.346 e. The molecule has 1 heterocycles. The van der Waals surface area contributed by atoms with E-state index in [1.165, 1.54) is 0 Å². The molecule has 2 N–H and O–H groups in total. The van der Waals surface area contributed by atoms with Gasteiger partial charge in [-0.1, -0.05) is 6.92 Å². The number of aliphatic imine (C=N–C) groups is 1. The van der Waals surface area contributed by atoms with E-state index in [1.807, 2.05) is 20.8 Å². The van der Waals surface area contributed by atoms with E-state index in [0.717, 1.165) is 0 Å². The minimum atomic E-state index is -0.240. The normalized spacial score (nSPS) is 23.5. The maximum atomic E-state index is 11.6. The average Bonchev–Trinajstić information content (AvgIpc) is 2.41. The molecule has 5 nitrogen and oxygen atoms in total. The topological polar surface area (TPSA) is 67.9 Å². The lowest BCUT2D eigenvalue weighted by Crippen LogP contribution is -2.49. The van der Waals surface area contributed by atoms with E-state index >= 15 is 0 Å². The predicted octanol–water partition coefficient (Wildman–Crippen LogP) is 0.839. The number of ether oxygens (including phenoxy) is 1. The van der Waals surface area contributed by atoms with E-state index in [9.17, 15) is 4.79 Å². The predicted molar refractivity (Wildman–Crippen MR) is 58.8 cm³/mol. The molecular weight excluding hydrogens is 194 g/mol. The lowest BCUT2D eigenvalue weighted by molar-refractivity contribution is 0.114. The number of amidine groups is 1. The molecule has 0 aromatic rings. The zero-order chi connectivity index (χ0) is 11.6. The van der Waals surface area contributed by atoms with Gasteiger partial charge in [0.25, 0.3) is 0 Å². The summed E-state index contributed by atoms with van der Waals surface area (Å²) in [6.07, 6.45) is 0. The number of nitrogens with zero attached hydrogens (tertiary/aromatic N) is 2. The Balaban J connectivity index is 2.84. The third-order valence-electron chi connectivity index (χ3n) is 2.57. The van der Waals surface area contributed by atoms with Gasteiger partial charge in [-0.3, -0.25) is 0 Å². The minimum Gasteiger partial charge on any atom is -0.385 e. The first-order chi connectivity index (χ1) is 6.99. The highest BCUT2D eigenvalue weighted by molar-refractivity contribution is 6.03. The molecule has 2 unspecified atom stereocenters. The summed E-state index contributed by atoms with van der Waals surface area (Å²) in [7, 11) is 1.64. The second-order valence-corrected chi connectivity index (χ2v) is 4.20. The average molecular weight is 213 g/mol. The van der Waals surface area contributed by atoms with Gasteiger partial charge in [0.05, 0.1) is 12.6 Å². The van der Waals surface area contributed by atoms with Crippen molar-refractivity contribution in [3.05, 3.63) is 0 Å². The van der Waals surface area contributed by atoms with E-state index < -0.39 is 0 Å². The molecule has 0 saturated carbocycles. The van der Waals surface area contributed by atoms with Gasteiger partial charge in [0.2, 0.25) is 0 Å². The number of hydrogen-bond donors (Lipinski definition) is 1. The van der Waals surface area contributed by atoms with Gasteiger partial charge in [-0.25, -0.2) is 4.79 Å². The molecular formula is C10H19N3O2. The van der Waals surface area contributed by atoms with Crippen LogP contribution in [0.4, 0.5) is 4.79 Å². The molecule has 0 bridgehead atoms. The van der Waals surface area contributed by atoms with Crippen LogP contribution in [0.3, 0.4) is 0 Å².